The predicted octanol–water partition coefficient (Wildman–Crippen LogP) is 2.98. The molecule has 8 nitrogen and oxygen atoms in total. The van der Waals surface area contributed by atoms with Gasteiger partial charge in [0.15, 0.2) is 11.5 Å². The van der Waals surface area contributed by atoms with E-state index in [1.807, 2.05) is 32.0 Å². The van der Waals surface area contributed by atoms with Crippen molar-refractivity contribution in [3.63, 3.8) is 0 Å². The largest absolute Gasteiger partial charge is 0.493 e. The number of nitrogens with one attached hydrogen (secondary N) is 2. The Balaban J connectivity index is 2.01. The van der Waals surface area contributed by atoms with Gasteiger partial charge in [-0.15, -0.1) is 0 Å². The van der Waals surface area contributed by atoms with Crippen molar-refractivity contribution in [3.05, 3.63) is 69.9 Å². The van der Waals surface area contributed by atoms with E-state index < -0.39 is 18.0 Å². The standard InChI is InChI=1S/C23H24N2O6/c1-13-5-6-14(2)16(9-13)21-20(22(27)30-4)17(24-23(28)25-21)12-31-18-8-7-15(11-26)10-19(18)29-3/h5-11,21H,12H2,1-4H3,(H2,24,25,28)/t21-/m1/s1. The molecule has 2 amide bonds. The number of methoxy groups -OCH3 is 2. The molecule has 0 spiro atoms. The fourth-order valence-electron chi connectivity index (χ4n) is 3.41. The van der Waals surface area contributed by atoms with E-state index in [0.717, 1.165) is 16.7 Å². The van der Waals surface area contributed by atoms with Crippen molar-refractivity contribution in [2.45, 2.75) is 19.9 Å². The zero-order valence-corrected chi connectivity index (χ0v) is 17.8. The Labute approximate surface area is 180 Å². The van der Waals surface area contributed by atoms with Crippen molar-refractivity contribution in [1.82, 2.24) is 10.6 Å². The molecule has 0 unspecified atom stereocenters. The Kier molecular flexibility index (Phi) is 6.59. The number of aryl methyl sites for hydroxylation is 2. The lowest BCUT2D eigenvalue weighted by Gasteiger charge is -2.30. The summed E-state index contributed by atoms with van der Waals surface area (Å²) in [5.41, 5.74) is 3.67. The van der Waals surface area contributed by atoms with Crippen molar-refractivity contribution in [2.24, 2.45) is 0 Å². The van der Waals surface area contributed by atoms with Crippen LogP contribution in [-0.2, 0) is 9.53 Å². The molecule has 1 aliphatic rings. The maximum Gasteiger partial charge on any atom is 0.338 e. The van der Waals surface area contributed by atoms with Crippen LogP contribution in [0.15, 0.2) is 47.7 Å². The SMILES string of the molecule is COC(=O)C1=C(COc2ccc(C=O)cc2OC)NC(=O)N[C@@H]1c1cc(C)ccc1C. The summed E-state index contributed by atoms with van der Waals surface area (Å²) in [6.45, 7) is 3.73. The minimum atomic E-state index is -0.695. The second kappa shape index (κ2) is 9.34. The quantitative estimate of drug-likeness (QED) is 0.523. The fourth-order valence-corrected chi connectivity index (χ4v) is 3.41. The summed E-state index contributed by atoms with van der Waals surface area (Å²) in [4.78, 5) is 36.1. The Hall–Kier alpha value is -3.81. The third-order valence-corrected chi connectivity index (χ3v) is 5.00. The van der Waals surface area contributed by atoms with Gasteiger partial charge in [-0.1, -0.05) is 23.8 Å². The van der Waals surface area contributed by atoms with Crippen LogP contribution in [0.25, 0.3) is 0 Å². The number of esters is 1. The highest BCUT2D eigenvalue weighted by Gasteiger charge is 2.34. The Morgan fingerprint density at radius 3 is 2.55 bits per heavy atom. The van der Waals surface area contributed by atoms with Gasteiger partial charge in [0.2, 0.25) is 0 Å². The monoisotopic (exact) mass is 424 g/mol. The first-order valence-corrected chi connectivity index (χ1v) is 9.60. The molecule has 3 rings (SSSR count). The summed E-state index contributed by atoms with van der Waals surface area (Å²) >= 11 is 0. The maximum atomic E-state index is 12.7. The van der Waals surface area contributed by atoms with Crippen LogP contribution in [-0.4, -0.2) is 39.1 Å². The summed E-state index contributed by atoms with van der Waals surface area (Å²) < 4.78 is 16.1. The minimum absolute atomic E-state index is 0.115. The van der Waals surface area contributed by atoms with Gasteiger partial charge in [0.05, 0.1) is 31.5 Å². The van der Waals surface area contributed by atoms with Crippen LogP contribution in [0.5, 0.6) is 11.5 Å². The summed E-state index contributed by atoms with van der Waals surface area (Å²) in [6, 6.07) is 9.38. The lowest BCUT2D eigenvalue weighted by atomic mass is 9.91. The normalized spacial score (nSPS) is 15.6. The van der Waals surface area contributed by atoms with Gasteiger partial charge in [0.1, 0.15) is 12.9 Å². The molecule has 0 aromatic heterocycles. The summed E-state index contributed by atoms with van der Waals surface area (Å²) in [6.07, 6.45) is 0.700. The van der Waals surface area contributed by atoms with Crippen molar-refractivity contribution in [2.75, 3.05) is 20.8 Å². The Morgan fingerprint density at radius 2 is 1.87 bits per heavy atom. The predicted molar refractivity (Wildman–Crippen MR) is 113 cm³/mol. The molecule has 1 heterocycles. The topological polar surface area (TPSA) is 103 Å². The molecule has 0 saturated heterocycles. The van der Waals surface area contributed by atoms with E-state index in [2.05, 4.69) is 10.6 Å². The van der Waals surface area contributed by atoms with E-state index in [-0.39, 0.29) is 17.9 Å². The molecule has 1 atom stereocenters. The molecular weight excluding hydrogens is 400 g/mol. The molecule has 2 aromatic rings. The van der Waals surface area contributed by atoms with Crippen LogP contribution in [0, 0.1) is 13.8 Å². The molecule has 162 valence electrons. The van der Waals surface area contributed by atoms with E-state index in [0.29, 0.717) is 23.3 Å². The number of ether oxygens (including phenoxy) is 3. The van der Waals surface area contributed by atoms with E-state index >= 15 is 0 Å². The van der Waals surface area contributed by atoms with Gasteiger partial charge < -0.3 is 24.8 Å². The van der Waals surface area contributed by atoms with E-state index in [9.17, 15) is 14.4 Å². The molecular formula is C23H24N2O6. The van der Waals surface area contributed by atoms with Crippen molar-refractivity contribution < 1.29 is 28.6 Å². The second-order valence-corrected chi connectivity index (χ2v) is 7.09. The van der Waals surface area contributed by atoms with Crippen LogP contribution < -0.4 is 20.1 Å². The molecule has 31 heavy (non-hydrogen) atoms. The maximum absolute atomic E-state index is 12.7. The van der Waals surface area contributed by atoms with Gasteiger partial charge in [0.25, 0.3) is 0 Å². The number of hydrogen-bond donors (Lipinski definition) is 2. The Bertz CT molecular complexity index is 1060. The third kappa shape index (κ3) is 4.69. The molecule has 0 fully saturated rings. The summed E-state index contributed by atoms with van der Waals surface area (Å²) in [5.74, 6) is 0.136. The highest BCUT2D eigenvalue weighted by atomic mass is 16.5. The van der Waals surface area contributed by atoms with Crippen LogP contribution in [0.4, 0.5) is 4.79 Å². The number of carbonyl (C=O) groups excluding carboxylic acids is 3. The van der Waals surface area contributed by atoms with E-state index in [1.165, 1.54) is 20.3 Å². The highest BCUT2D eigenvalue weighted by Crippen LogP contribution is 2.32. The average Bonchev–Trinajstić information content (AvgIpc) is 2.78. The lowest BCUT2D eigenvalue weighted by Crippen LogP contribution is -2.47. The highest BCUT2D eigenvalue weighted by molar-refractivity contribution is 5.95. The van der Waals surface area contributed by atoms with Crippen LogP contribution >= 0.6 is 0 Å². The van der Waals surface area contributed by atoms with E-state index in [1.54, 1.807) is 12.1 Å². The summed E-state index contributed by atoms with van der Waals surface area (Å²) in [7, 11) is 2.74. The molecule has 0 radical (unpaired) electrons. The molecule has 8 heteroatoms. The molecule has 0 saturated carbocycles. The van der Waals surface area contributed by atoms with Crippen molar-refractivity contribution >= 4 is 18.3 Å². The number of amides is 2. The number of rotatable bonds is 7. The van der Waals surface area contributed by atoms with E-state index in [4.69, 9.17) is 14.2 Å². The molecule has 0 bridgehead atoms. The average molecular weight is 424 g/mol. The smallest absolute Gasteiger partial charge is 0.338 e. The number of benzene rings is 2. The minimum Gasteiger partial charge on any atom is -0.493 e. The lowest BCUT2D eigenvalue weighted by molar-refractivity contribution is -0.136. The molecule has 1 aliphatic heterocycles. The van der Waals surface area contributed by atoms with Gasteiger partial charge in [-0.25, -0.2) is 9.59 Å². The van der Waals surface area contributed by atoms with Crippen molar-refractivity contribution in [3.8, 4) is 11.5 Å². The number of urea groups is 1. The van der Waals surface area contributed by atoms with Crippen LogP contribution in [0.2, 0.25) is 0 Å². The van der Waals surface area contributed by atoms with Crippen LogP contribution in [0.3, 0.4) is 0 Å². The van der Waals surface area contributed by atoms with Gasteiger partial charge in [-0.05, 0) is 43.2 Å². The van der Waals surface area contributed by atoms with Crippen molar-refractivity contribution in [1.29, 1.82) is 0 Å². The summed E-state index contributed by atoms with van der Waals surface area (Å²) in [5, 5.41) is 5.46. The van der Waals surface area contributed by atoms with Gasteiger partial charge in [0, 0.05) is 5.56 Å². The number of aldehydes is 1. The molecule has 0 aliphatic carbocycles. The van der Waals surface area contributed by atoms with Crippen LogP contribution in [0.1, 0.15) is 33.1 Å². The second-order valence-electron chi connectivity index (χ2n) is 7.09. The fraction of sp³-hybridized carbons (Fsp3) is 0.261. The Morgan fingerprint density at radius 1 is 1.10 bits per heavy atom. The van der Waals surface area contributed by atoms with Gasteiger partial charge >= 0.3 is 12.0 Å². The van der Waals surface area contributed by atoms with Gasteiger partial charge in [-0.2, -0.15) is 0 Å². The first-order chi connectivity index (χ1) is 14.9. The number of carbonyl (C=O) groups is 3. The van der Waals surface area contributed by atoms with Gasteiger partial charge in [-0.3, -0.25) is 4.79 Å². The number of hydrogen-bond acceptors (Lipinski definition) is 6. The zero-order valence-electron chi connectivity index (χ0n) is 17.8. The first-order valence-electron chi connectivity index (χ1n) is 9.60. The first kappa shape index (κ1) is 21.9. The third-order valence-electron chi connectivity index (χ3n) is 5.00. The molecule has 2 aromatic carbocycles. The molecule has 2 N–H and O–H groups in total. The zero-order chi connectivity index (χ0) is 22.5.